The highest BCUT2D eigenvalue weighted by Gasteiger charge is 2.16. The molecule has 0 atom stereocenters. The Balaban J connectivity index is 1.29. The molecule has 0 unspecified atom stereocenters. The van der Waals surface area contributed by atoms with Gasteiger partial charge in [-0.1, -0.05) is 18.2 Å². The second kappa shape index (κ2) is 9.12. The van der Waals surface area contributed by atoms with E-state index in [1.54, 1.807) is 23.1 Å². The summed E-state index contributed by atoms with van der Waals surface area (Å²) in [6.07, 6.45) is 5.54. The number of hydrogen-bond acceptors (Lipinski definition) is 4. The van der Waals surface area contributed by atoms with E-state index in [1.165, 1.54) is 23.4 Å². The topological polar surface area (TPSA) is 46.9 Å². The Morgan fingerprint density at radius 1 is 1.06 bits per heavy atom. The zero-order valence-electron chi connectivity index (χ0n) is 17.1. The molecule has 0 spiro atoms. The van der Waals surface area contributed by atoms with Crippen molar-refractivity contribution < 1.29 is 4.79 Å². The number of aromatic nitrogens is 2. The van der Waals surface area contributed by atoms with Crippen LogP contribution in [0.15, 0.2) is 77.1 Å². The fourth-order valence-corrected chi connectivity index (χ4v) is 5.71. The molecule has 3 heterocycles. The van der Waals surface area contributed by atoms with Gasteiger partial charge in [0.15, 0.2) is 0 Å². The number of hydrogen-bond donors (Lipinski definition) is 1. The van der Waals surface area contributed by atoms with Crippen LogP contribution in [0.1, 0.15) is 33.8 Å². The van der Waals surface area contributed by atoms with Gasteiger partial charge in [0, 0.05) is 45.2 Å². The van der Waals surface area contributed by atoms with E-state index in [4.69, 9.17) is 0 Å². The molecule has 31 heavy (non-hydrogen) atoms. The van der Waals surface area contributed by atoms with Gasteiger partial charge in [-0.15, -0.1) is 23.1 Å². The summed E-state index contributed by atoms with van der Waals surface area (Å²) in [7, 11) is 0. The Kier molecular flexibility index (Phi) is 5.91. The number of amides is 1. The van der Waals surface area contributed by atoms with E-state index in [0.29, 0.717) is 5.56 Å². The quantitative estimate of drug-likeness (QED) is 0.345. The maximum absolute atomic E-state index is 13.0. The number of imidazole rings is 1. The third kappa shape index (κ3) is 4.45. The van der Waals surface area contributed by atoms with E-state index >= 15 is 0 Å². The summed E-state index contributed by atoms with van der Waals surface area (Å²) in [5.41, 5.74) is 3.89. The predicted octanol–water partition coefficient (Wildman–Crippen LogP) is 6.49. The summed E-state index contributed by atoms with van der Waals surface area (Å²) in [5, 5.41) is 5.13. The van der Waals surface area contributed by atoms with Crippen molar-refractivity contribution in [2.24, 2.45) is 0 Å². The SMILES string of the molecule is O=C(Nc1ccc(-c2ncc3n2CCCC3)cc1)c1ccccc1SCc1cccs1. The van der Waals surface area contributed by atoms with Crippen molar-refractivity contribution in [1.82, 2.24) is 9.55 Å². The smallest absolute Gasteiger partial charge is 0.256 e. The molecule has 0 fully saturated rings. The Morgan fingerprint density at radius 2 is 1.94 bits per heavy atom. The first-order chi connectivity index (χ1) is 15.3. The summed E-state index contributed by atoms with van der Waals surface area (Å²) in [5.74, 6) is 1.80. The van der Waals surface area contributed by atoms with Gasteiger partial charge in [0.25, 0.3) is 5.91 Å². The van der Waals surface area contributed by atoms with Crippen molar-refractivity contribution in [2.75, 3.05) is 5.32 Å². The van der Waals surface area contributed by atoms with E-state index in [1.807, 2.05) is 54.7 Å². The standard InChI is InChI=1S/C25H23N3OS2/c29-25(22-8-1-2-9-23(22)31-17-21-7-5-15-30-21)27-19-12-10-18(11-13-19)24-26-16-20-6-3-4-14-28(20)24/h1-2,5,7-13,15-16H,3-4,6,14,17H2,(H,27,29). The lowest BCUT2D eigenvalue weighted by molar-refractivity contribution is 0.102. The minimum absolute atomic E-state index is 0.0831. The van der Waals surface area contributed by atoms with Gasteiger partial charge in [0.2, 0.25) is 0 Å². The van der Waals surface area contributed by atoms with Crippen LogP contribution in [0.25, 0.3) is 11.4 Å². The molecule has 156 valence electrons. The number of fused-ring (bicyclic) bond motifs is 1. The first kappa shape index (κ1) is 20.1. The molecule has 5 rings (SSSR count). The van der Waals surface area contributed by atoms with Crippen LogP contribution in [0.2, 0.25) is 0 Å². The highest BCUT2D eigenvalue weighted by Crippen LogP contribution is 2.29. The highest BCUT2D eigenvalue weighted by molar-refractivity contribution is 7.98. The Morgan fingerprint density at radius 3 is 2.77 bits per heavy atom. The van der Waals surface area contributed by atoms with Crippen LogP contribution in [0, 0.1) is 0 Å². The van der Waals surface area contributed by atoms with Gasteiger partial charge < -0.3 is 9.88 Å². The fourth-order valence-electron chi connectivity index (χ4n) is 3.89. The van der Waals surface area contributed by atoms with Crippen LogP contribution in [0.4, 0.5) is 5.69 Å². The Bertz CT molecular complexity index is 1180. The van der Waals surface area contributed by atoms with E-state index in [0.717, 1.165) is 40.7 Å². The molecule has 6 heteroatoms. The molecule has 4 nitrogen and oxygen atoms in total. The number of thiophene rings is 1. The van der Waals surface area contributed by atoms with E-state index < -0.39 is 0 Å². The number of carbonyl (C=O) groups excluding carboxylic acids is 1. The maximum Gasteiger partial charge on any atom is 0.256 e. The van der Waals surface area contributed by atoms with Crippen LogP contribution >= 0.6 is 23.1 Å². The molecule has 0 saturated carbocycles. The molecule has 0 bridgehead atoms. The lowest BCUT2D eigenvalue weighted by atomic mass is 10.1. The summed E-state index contributed by atoms with van der Waals surface area (Å²) in [4.78, 5) is 19.9. The first-order valence-electron chi connectivity index (χ1n) is 10.5. The van der Waals surface area contributed by atoms with Gasteiger partial charge in [0.1, 0.15) is 5.82 Å². The minimum Gasteiger partial charge on any atom is -0.328 e. The van der Waals surface area contributed by atoms with E-state index in [2.05, 4.69) is 32.4 Å². The zero-order chi connectivity index (χ0) is 21.0. The molecule has 0 aliphatic carbocycles. The van der Waals surface area contributed by atoms with Gasteiger partial charge in [-0.3, -0.25) is 4.79 Å². The van der Waals surface area contributed by atoms with Crippen LogP contribution in [0.3, 0.4) is 0 Å². The normalized spacial score (nSPS) is 13.0. The molecular weight excluding hydrogens is 422 g/mol. The molecule has 2 aromatic heterocycles. The Hall–Kier alpha value is -2.83. The number of rotatable bonds is 6. The lowest BCUT2D eigenvalue weighted by Gasteiger charge is -2.16. The molecule has 1 N–H and O–H groups in total. The molecular formula is C25H23N3OS2. The number of carbonyl (C=O) groups is 1. The third-order valence-electron chi connectivity index (χ3n) is 5.49. The molecule has 4 aromatic rings. The Labute approximate surface area is 190 Å². The third-order valence-corrected chi connectivity index (χ3v) is 7.67. The summed E-state index contributed by atoms with van der Waals surface area (Å²) in [6, 6.07) is 20.0. The number of nitrogens with zero attached hydrogens (tertiary/aromatic N) is 2. The molecule has 1 aliphatic rings. The van der Waals surface area contributed by atoms with Gasteiger partial charge >= 0.3 is 0 Å². The lowest BCUT2D eigenvalue weighted by Crippen LogP contribution is -2.13. The molecule has 2 aromatic carbocycles. The number of benzene rings is 2. The summed E-state index contributed by atoms with van der Waals surface area (Å²) < 4.78 is 2.32. The summed E-state index contributed by atoms with van der Waals surface area (Å²) in [6.45, 7) is 1.03. The highest BCUT2D eigenvalue weighted by atomic mass is 32.2. The van der Waals surface area contributed by atoms with Gasteiger partial charge in [-0.25, -0.2) is 4.98 Å². The van der Waals surface area contributed by atoms with Crippen molar-refractivity contribution in [1.29, 1.82) is 0 Å². The predicted molar refractivity (Wildman–Crippen MR) is 129 cm³/mol. The molecule has 1 amide bonds. The van der Waals surface area contributed by atoms with Gasteiger partial charge in [0.05, 0.1) is 5.56 Å². The molecule has 1 aliphatic heterocycles. The van der Waals surface area contributed by atoms with E-state index in [-0.39, 0.29) is 5.91 Å². The van der Waals surface area contributed by atoms with E-state index in [9.17, 15) is 4.79 Å². The number of anilines is 1. The van der Waals surface area contributed by atoms with Crippen LogP contribution < -0.4 is 5.32 Å². The second-order valence-corrected chi connectivity index (χ2v) is 9.63. The zero-order valence-corrected chi connectivity index (χ0v) is 18.7. The van der Waals surface area contributed by atoms with Crippen LogP contribution in [-0.4, -0.2) is 15.5 Å². The minimum atomic E-state index is -0.0831. The van der Waals surface area contributed by atoms with Gasteiger partial charge in [-0.2, -0.15) is 0 Å². The monoisotopic (exact) mass is 445 g/mol. The van der Waals surface area contributed by atoms with Crippen molar-refractivity contribution in [2.45, 2.75) is 36.5 Å². The fraction of sp³-hybridized carbons (Fsp3) is 0.200. The van der Waals surface area contributed by atoms with Crippen molar-refractivity contribution >= 4 is 34.7 Å². The number of aryl methyl sites for hydroxylation is 1. The first-order valence-corrected chi connectivity index (χ1v) is 12.3. The molecule has 0 saturated heterocycles. The second-order valence-electron chi connectivity index (χ2n) is 7.58. The number of nitrogens with one attached hydrogen (secondary N) is 1. The largest absolute Gasteiger partial charge is 0.328 e. The van der Waals surface area contributed by atoms with Crippen LogP contribution in [-0.2, 0) is 18.7 Å². The average Bonchev–Trinajstić information content (AvgIpc) is 3.48. The van der Waals surface area contributed by atoms with Crippen LogP contribution in [0.5, 0.6) is 0 Å². The van der Waals surface area contributed by atoms with Crippen molar-refractivity contribution in [3.8, 4) is 11.4 Å². The number of thioether (sulfide) groups is 1. The van der Waals surface area contributed by atoms with Crippen molar-refractivity contribution in [3.05, 3.63) is 88.4 Å². The van der Waals surface area contributed by atoms with Gasteiger partial charge in [-0.05, 0) is 67.1 Å². The average molecular weight is 446 g/mol. The maximum atomic E-state index is 13.0. The molecule has 0 radical (unpaired) electrons. The summed E-state index contributed by atoms with van der Waals surface area (Å²) >= 11 is 3.44. The van der Waals surface area contributed by atoms with Crippen molar-refractivity contribution in [3.63, 3.8) is 0 Å².